The summed E-state index contributed by atoms with van der Waals surface area (Å²) in [6.07, 6.45) is -0.249. The van der Waals surface area contributed by atoms with Gasteiger partial charge in [-0.05, 0) is 48.5 Å². The van der Waals surface area contributed by atoms with Crippen LogP contribution in [0.2, 0.25) is 0 Å². The average Bonchev–Trinajstić information content (AvgIpc) is 2.88. The van der Waals surface area contributed by atoms with Crippen LogP contribution in [0.5, 0.6) is 5.75 Å². The third kappa shape index (κ3) is 6.04. The van der Waals surface area contributed by atoms with Gasteiger partial charge in [0.25, 0.3) is 5.69 Å². The Labute approximate surface area is 210 Å². The molecule has 0 atom stereocenters. The van der Waals surface area contributed by atoms with Crippen molar-refractivity contribution in [3.05, 3.63) is 125 Å². The smallest absolute Gasteiger partial charge is 0.513 e. The number of rotatable bonds is 8. The van der Waals surface area contributed by atoms with E-state index in [0.29, 0.717) is 6.16 Å². The molecule has 8 heteroatoms. The number of hydrogen-bond donors (Lipinski definition) is 0. The highest BCUT2D eigenvalue weighted by atomic mass is 35.5. The molecule has 0 N–H and O–H groups in total. The van der Waals surface area contributed by atoms with Crippen molar-refractivity contribution in [1.29, 1.82) is 0 Å². The summed E-state index contributed by atoms with van der Waals surface area (Å²) in [5, 5.41) is 14.4. The van der Waals surface area contributed by atoms with E-state index >= 15 is 0 Å². The van der Waals surface area contributed by atoms with Crippen LogP contribution in [0.1, 0.15) is 0 Å². The Bertz CT molecular complexity index is 1140. The molecule has 4 aromatic carbocycles. The minimum Gasteiger partial charge on any atom is -1.00 e. The second kappa shape index (κ2) is 12.1. The van der Waals surface area contributed by atoms with Crippen molar-refractivity contribution in [2.45, 2.75) is 0 Å². The lowest BCUT2D eigenvalue weighted by atomic mass is 10.3. The molecule has 0 radical (unpaired) electrons. The molecule has 0 fully saturated rings. The Morgan fingerprint density at radius 1 is 0.714 bits per heavy atom. The molecule has 0 aliphatic rings. The maximum absolute atomic E-state index is 12.4. The van der Waals surface area contributed by atoms with Crippen LogP contribution >= 0.6 is 7.26 Å². The second-order valence-electron chi connectivity index (χ2n) is 7.49. The van der Waals surface area contributed by atoms with Crippen LogP contribution < -0.4 is 33.1 Å². The molecule has 0 unspecified atom stereocenters. The van der Waals surface area contributed by atoms with Crippen molar-refractivity contribution in [3.63, 3.8) is 0 Å². The van der Waals surface area contributed by atoms with Crippen LogP contribution in [0.3, 0.4) is 0 Å². The van der Waals surface area contributed by atoms with Gasteiger partial charge >= 0.3 is 6.16 Å². The normalized spacial score (nSPS) is 10.6. The summed E-state index contributed by atoms with van der Waals surface area (Å²) >= 11 is 0. The first-order valence-corrected chi connectivity index (χ1v) is 12.7. The van der Waals surface area contributed by atoms with Crippen molar-refractivity contribution in [2.75, 3.05) is 12.8 Å². The number of nitrogens with zero attached hydrogens (tertiary/aromatic N) is 1. The topological polar surface area (TPSA) is 78.7 Å². The number of nitro groups is 1. The quantitative estimate of drug-likeness (QED) is 0.120. The largest absolute Gasteiger partial charge is 1.00 e. The minimum atomic E-state index is -2.12. The van der Waals surface area contributed by atoms with Gasteiger partial charge in [0.05, 0.1) is 4.92 Å². The summed E-state index contributed by atoms with van der Waals surface area (Å²) in [5.74, 6) is 0.186. The molecule has 4 rings (SSSR count). The molecule has 0 aliphatic heterocycles. The molecule has 35 heavy (non-hydrogen) atoms. The Hall–Kier alpha value is -3.73. The Balaban J connectivity index is 0.00000342. The fourth-order valence-corrected chi connectivity index (χ4v) is 7.99. The number of benzene rings is 4. The monoisotopic (exact) mass is 507 g/mol. The van der Waals surface area contributed by atoms with E-state index in [-0.39, 0.29) is 30.5 Å². The van der Waals surface area contributed by atoms with Crippen LogP contribution in [0, 0.1) is 10.1 Å². The molecule has 0 saturated carbocycles. The van der Waals surface area contributed by atoms with Crippen LogP contribution in [0.4, 0.5) is 10.5 Å². The number of hydrogen-bond acceptors (Lipinski definition) is 5. The van der Waals surface area contributed by atoms with Gasteiger partial charge in [-0.1, -0.05) is 54.6 Å². The van der Waals surface area contributed by atoms with E-state index in [1.165, 1.54) is 40.2 Å². The number of carbonyl (C=O) groups is 1. The Kier molecular flexibility index (Phi) is 8.96. The van der Waals surface area contributed by atoms with E-state index < -0.39 is 18.3 Å². The first kappa shape index (κ1) is 25.9. The summed E-state index contributed by atoms with van der Waals surface area (Å²) in [6, 6.07) is 36.2. The Morgan fingerprint density at radius 2 is 1.14 bits per heavy atom. The lowest BCUT2D eigenvalue weighted by molar-refractivity contribution is -0.384. The van der Waals surface area contributed by atoms with Gasteiger partial charge in [-0.15, -0.1) is 0 Å². The molecular formula is C27H23ClNO5P. The van der Waals surface area contributed by atoms with Gasteiger partial charge in [0.15, 0.2) is 0 Å². The predicted octanol–water partition coefficient (Wildman–Crippen LogP) is 2.11. The lowest BCUT2D eigenvalue weighted by Gasteiger charge is -2.27. The van der Waals surface area contributed by atoms with Crippen molar-refractivity contribution in [3.8, 4) is 5.75 Å². The van der Waals surface area contributed by atoms with Crippen LogP contribution in [0.15, 0.2) is 115 Å². The molecule has 0 saturated heterocycles. The highest BCUT2D eigenvalue weighted by molar-refractivity contribution is 7.95. The molecule has 0 aliphatic carbocycles. The van der Waals surface area contributed by atoms with Gasteiger partial charge in [0.1, 0.15) is 41.7 Å². The molecule has 0 bridgehead atoms. The highest BCUT2D eigenvalue weighted by Crippen LogP contribution is 2.54. The molecule has 0 heterocycles. The molecule has 6 nitrogen and oxygen atoms in total. The fraction of sp³-hybridized carbons (Fsp3) is 0.0741. The zero-order chi connectivity index (χ0) is 23.8. The van der Waals surface area contributed by atoms with Crippen LogP contribution in [-0.4, -0.2) is 23.8 Å². The van der Waals surface area contributed by atoms with Crippen molar-refractivity contribution < 1.29 is 31.6 Å². The third-order valence-corrected chi connectivity index (χ3v) is 9.88. The zero-order valence-electron chi connectivity index (χ0n) is 18.7. The van der Waals surface area contributed by atoms with E-state index in [1.54, 1.807) is 0 Å². The van der Waals surface area contributed by atoms with Crippen molar-refractivity contribution in [1.82, 2.24) is 0 Å². The summed E-state index contributed by atoms with van der Waals surface area (Å²) < 4.78 is 10.7. The van der Waals surface area contributed by atoms with Gasteiger partial charge in [0.2, 0.25) is 0 Å². The van der Waals surface area contributed by atoms with Gasteiger partial charge in [0, 0.05) is 12.1 Å². The van der Waals surface area contributed by atoms with Gasteiger partial charge in [-0.3, -0.25) is 10.1 Å². The van der Waals surface area contributed by atoms with E-state index in [9.17, 15) is 14.9 Å². The molecule has 4 aromatic rings. The van der Waals surface area contributed by atoms with Gasteiger partial charge in [-0.25, -0.2) is 4.79 Å². The van der Waals surface area contributed by atoms with E-state index in [1.807, 2.05) is 54.6 Å². The highest BCUT2D eigenvalue weighted by Gasteiger charge is 2.45. The standard InChI is InChI=1S/C27H23NO5P.ClH/c29-27(33-23-18-16-22(17-19-23)28(30)31)32-20-21-34(24-10-4-1-5-11-24,25-12-6-2-7-13-25)26-14-8-3-9-15-26;/h1-19H,20-21H2;1H/q+1;/p-1. The number of carbonyl (C=O) groups excluding carboxylic acids is 1. The van der Waals surface area contributed by atoms with Crippen molar-refractivity contribution >= 4 is 35.0 Å². The van der Waals surface area contributed by atoms with E-state index in [2.05, 4.69) is 36.4 Å². The number of nitro benzene ring substituents is 1. The maximum atomic E-state index is 12.4. The first-order chi connectivity index (χ1) is 16.6. The van der Waals surface area contributed by atoms with Crippen LogP contribution in [0.25, 0.3) is 0 Å². The SMILES string of the molecule is O=C(OCC[P+](c1ccccc1)(c1ccccc1)c1ccccc1)Oc1ccc([N+](=O)[O-])cc1.[Cl-]. The van der Waals surface area contributed by atoms with E-state index in [4.69, 9.17) is 9.47 Å². The van der Waals surface area contributed by atoms with Crippen molar-refractivity contribution in [2.24, 2.45) is 0 Å². The predicted molar refractivity (Wildman–Crippen MR) is 135 cm³/mol. The summed E-state index contributed by atoms with van der Waals surface area (Å²) in [7, 11) is -2.12. The lowest BCUT2D eigenvalue weighted by Crippen LogP contribution is -3.00. The minimum absolute atomic E-state index is 0. The van der Waals surface area contributed by atoms with Gasteiger partial charge in [-0.2, -0.15) is 0 Å². The number of non-ortho nitro benzene ring substituents is 1. The average molecular weight is 508 g/mol. The second-order valence-corrected chi connectivity index (χ2v) is 11.1. The molecule has 0 aromatic heterocycles. The molecule has 0 amide bonds. The maximum Gasteiger partial charge on any atom is 0.513 e. The summed E-state index contributed by atoms with van der Waals surface area (Å²) in [5.41, 5.74) is -0.0797. The zero-order valence-corrected chi connectivity index (χ0v) is 20.3. The number of ether oxygens (including phenoxy) is 2. The fourth-order valence-electron chi connectivity index (χ4n) is 3.91. The van der Waals surface area contributed by atoms with Gasteiger partial charge < -0.3 is 21.9 Å². The molecular weight excluding hydrogens is 485 g/mol. The number of halogens is 1. The summed E-state index contributed by atoms with van der Waals surface area (Å²) in [6.45, 7) is 0.151. The molecule has 178 valence electrons. The van der Waals surface area contributed by atoms with E-state index in [0.717, 1.165) is 0 Å². The summed E-state index contributed by atoms with van der Waals surface area (Å²) in [4.78, 5) is 22.6. The third-order valence-electron chi connectivity index (χ3n) is 5.49. The van der Waals surface area contributed by atoms with Crippen LogP contribution in [-0.2, 0) is 4.74 Å². The Morgan fingerprint density at radius 3 is 1.54 bits per heavy atom. The molecule has 0 spiro atoms. The first-order valence-electron chi connectivity index (χ1n) is 10.7.